The molecule has 138 valence electrons. The molecule has 9 heteroatoms. The molecular formula is C17H15F3N2O4. The van der Waals surface area contributed by atoms with E-state index >= 15 is 0 Å². The molecule has 2 aromatic carbocycles. The summed E-state index contributed by atoms with van der Waals surface area (Å²) in [6.07, 6.45) is -4.72. The zero-order chi connectivity index (χ0) is 19.2. The molecule has 0 aliphatic heterocycles. The molecule has 0 aliphatic rings. The first kappa shape index (κ1) is 19.1. The van der Waals surface area contributed by atoms with E-state index in [-0.39, 0.29) is 12.1 Å². The zero-order valence-electron chi connectivity index (χ0n) is 13.3. The second-order valence-electron chi connectivity index (χ2n) is 5.25. The average molecular weight is 368 g/mol. The van der Waals surface area contributed by atoms with E-state index < -0.39 is 30.2 Å². The molecule has 2 rings (SSSR count). The molecule has 0 fully saturated rings. The van der Waals surface area contributed by atoms with E-state index in [1.807, 2.05) is 0 Å². The Morgan fingerprint density at radius 3 is 2.19 bits per heavy atom. The van der Waals surface area contributed by atoms with E-state index in [0.717, 1.165) is 17.7 Å². The van der Waals surface area contributed by atoms with Crippen LogP contribution in [0.1, 0.15) is 5.56 Å². The lowest BCUT2D eigenvalue weighted by molar-refractivity contribution is -0.274. The molecule has 6 nitrogen and oxygen atoms in total. The molecule has 2 amide bonds. The number of anilines is 1. The molecule has 0 spiro atoms. The number of benzene rings is 2. The molecule has 0 saturated heterocycles. The van der Waals surface area contributed by atoms with Gasteiger partial charge in [-0.1, -0.05) is 30.3 Å². The number of urea groups is 1. The minimum Gasteiger partial charge on any atom is -0.480 e. The highest BCUT2D eigenvalue weighted by Crippen LogP contribution is 2.23. The topological polar surface area (TPSA) is 87.7 Å². The van der Waals surface area contributed by atoms with Gasteiger partial charge in [-0.05, 0) is 29.8 Å². The van der Waals surface area contributed by atoms with Crippen molar-refractivity contribution in [3.63, 3.8) is 0 Å². The predicted molar refractivity (Wildman–Crippen MR) is 86.8 cm³/mol. The molecule has 3 N–H and O–H groups in total. The Kier molecular flexibility index (Phi) is 6.05. The van der Waals surface area contributed by atoms with Crippen molar-refractivity contribution < 1.29 is 32.6 Å². The minimum atomic E-state index is -4.81. The van der Waals surface area contributed by atoms with E-state index in [1.165, 1.54) is 12.1 Å². The highest BCUT2D eigenvalue weighted by atomic mass is 19.4. The van der Waals surface area contributed by atoms with Crippen molar-refractivity contribution in [2.75, 3.05) is 5.32 Å². The monoisotopic (exact) mass is 368 g/mol. The molecule has 2 aromatic rings. The second kappa shape index (κ2) is 8.24. The smallest absolute Gasteiger partial charge is 0.480 e. The third-order valence-corrected chi connectivity index (χ3v) is 3.23. The van der Waals surface area contributed by atoms with Gasteiger partial charge < -0.3 is 20.5 Å². The number of carboxylic acid groups (broad SMARTS) is 1. The fraction of sp³-hybridized carbons (Fsp3) is 0.176. The number of nitrogens with one attached hydrogen (secondary N) is 2. The summed E-state index contributed by atoms with van der Waals surface area (Å²) in [5.74, 6) is -1.64. The molecule has 0 aromatic heterocycles. The molecule has 0 aliphatic carbocycles. The number of carbonyl (C=O) groups excluding carboxylic acids is 1. The molecule has 0 saturated carbocycles. The summed E-state index contributed by atoms with van der Waals surface area (Å²) in [5.41, 5.74) is 0.912. The van der Waals surface area contributed by atoms with Crippen molar-refractivity contribution in [2.45, 2.75) is 18.8 Å². The van der Waals surface area contributed by atoms with Crippen molar-refractivity contribution in [3.05, 3.63) is 60.2 Å². The summed E-state index contributed by atoms with van der Waals surface area (Å²) in [7, 11) is 0. The van der Waals surface area contributed by atoms with Crippen LogP contribution < -0.4 is 15.4 Å². The van der Waals surface area contributed by atoms with E-state index in [9.17, 15) is 27.9 Å². The number of carboxylic acids is 1. The maximum absolute atomic E-state index is 12.1. The first-order valence-electron chi connectivity index (χ1n) is 7.43. The van der Waals surface area contributed by atoms with E-state index in [0.29, 0.717) is 0 Å². The Morgan fingerprint density at radius 2 is 1.65 bits per heavy atom. The minimum absolute atomic E-state index is 0.0853. The van der Waals surface area contributed by atoms with Gasteiger partial charge in [0.15, 0.2) is 0 Å². The van der Waals surface area contributed by atoms with Crippen LogP contribution in [0.2, 0.25) is 0 Å². The van der Waals surface area contributed by atoms with Gasteiger partial charge in [-0.15, -0.1) is 13.2 Å². The maximum Gasteiger partial charge on any atom is 0.573 e. The van der Waals surface area contributed by atoms with Crippen molar-refractivity contribution in [3.8, 4) is 5.75 Å². The Bertz CT molecular complexity index is 749. The van der Waals surface area contributed by atoms with Gasteiger partial charge in [0.05, 0.1) is 0 Å². The van der Waals surface area contributed by atoms with Gasteiger partial charge in [0.1, 0.15) is 11.8 Å². The first-order valence-corrected chi connectivity index (χ1v) is 7.43. The predicted octanol–water partition coefficient (Wildman–Crippen LogP) is 3.40. The van der Waals surface area contributed by atoms with Crippen LogP contribution in [0.15, 0.2) is 54.6 Å². The molecular weight excluding hydrogens is 353 g/mol. The lowest BCUT2D eigenvalue weighted by Gasteiger charge is -2.15. The van der Waals surface area contributed by atoms with Gasteiger partial charge in [-0.3, -0.25) is 0 Å². The van der Waals surface area contributed by atoms with Gasteiger partial charge in [0.2, 0.25) is 0 Å². The van der Waals surface area contributed by atoms with Crippen LogP contribution in [0.4, 0.5) is 23.7 Å². The number of ether oxygens (including phenoxy) is 1. The van der Waals surface area contributed by atoms with Gasteiger partial charge in [0.25, 0.3) is 0 Å². The van der Waals surface area contributed by atoms with E-state index in [2.05, 4.69) is 15.4 Å². The summed E-state index contributed by atoms with van der Waals surface area (Å²) in [5, 5.41) is 13.9. The Morgan fingerprint density at radius 1 is 1.04 bits per heavy atom. The summed E-state index contributed by atoms with van der Waals surface area (Å²) < 4.78 is 40.0. The van der Waals surface area contributed by atoms with Crippen molar-refractivity contribution in [1.82, 2.24) is 5.32 Å². The summed E-state index contributed by atoms with van der Waals surface area (Å²) >= 11 is 0. The number of rotatable bonds is 6. The summed E-state index contributed by atoms with van der Waals surface area (Å²) in [6, 6.07) is 11.3. The first-order chi connectivity index (χ1) is 12.2. The highest BCUT2D eigenvalue weighted by Gasteiger charge is 2.31. The van der Waals surface area contributed by atoms with Crippen LogP contribution in [0.3, 0.4) is 0 Å². The van der Waals surface area contributed by atoms with E-state index in [1.54, 1.807) is 30.3 Å². The van der Waals surface area contributed by atoms with Gasteiger partial charge in [-0.25, -0.2) is 9.59 Å². The Balaban J connectivity index is 1.94. The standard InChI is InChI=1S/C17H15F3N2O4/c18-17(19,20)26-13-8-6-12(7-9-13)21-16(25)22-14(15(23)24)10-11-4-2-1-3-5-11/h1-9,14H,10H2,(H,23,24)(H2,21,22,25)/t14-/m0/s1. The van der Waals surface area contributed by atoms with Crippen LogP contribution in [0.25, 0.3) is 0 Å². The largest absolute Gasteiger partial charge is 0.573 e. The average Bonchev–Trinajstić information content (AvgIpc) is 2.55. The molecule has 0 heterocycles. The van der Waals surface area contributed by atoms with Crippen LogP contribution >= 0.6 is 0 Å². The van der Waals surface area contributed by atoms with Gasteiger partial charge in [0, 0.05) is 12.1 Å². The number of amides is 2. The molecule has 0 radical (unpaired) electrons. The van der Waals surface area contributed by atoms with Gasteiger partial charge in [-0.2, -0.15) is 0 Å². The molecule has 26 heavy (non-hydrogen) atoms. The molecule has 0 bridgehead atoms. The fourth-order valence-electron chi connectivity index (χ4n) is 2.12. The maximum atomic E-state index is 12.1. The third kappa shape index (κ3) is 6.34. The normalized spacial score (nSPS) is 12.1. The lowest BCUT2D eigenvalue weighted by Crippen LogP contribution is -2.44. The number of carbonyl (C=O) groups is 2. The third-order valence-electron chi connectivity index (χ3n) is 3.23. The number of alkyl halides is 3. The Labute approximate surface area is 146 Å². The fourth-order valence-corrected chi connectivity index (χ4v) is 2.12. The zero-order valence-corrected chi connectivity index (χ0v) is 13.3. The van der Waals surface area contributed by atoms with Crippen LogP contribution in [0, 0.1) is 0 Å². The second-order valence-corrected chi connectivity index (χ2v) is 5.25. The highest BCUT2D eigenvalue weighted by molar-refractivity contribution is 5.92. The molecule has 0 unspecified atom stereocenters. The summed E-state index contributed by atoms with van der Waals surface area (Å²) in [4.78, 5) is 23.2. The van der Waals surface area contributed by atoms with Crippen LogP contribution in [-0.2, 0) is 11.2 Å². The van der Waals surface area contributed by atoms with Crippen LogP contribution in [0.5, 0.6) is 5.75 Å². The number of aliphatic carboxylic acids is 1. The van der Waals surface area contributed by atoms with Crippen molar-refractivity contribution in [2.24, 2.45) is 0 Å². The van der Waals surface area contributed by atoms with Crippen LogP contribution in [-0.4, -0.2) is 29.5 Å². The Hall–Kier alpha value is -3.23. The number of hydrogen-bond donors (Lipinski definition) is 3. The van der Waals surface area contributed by atoms with E-state index in [4.69, 9.17) is 0 Å². The summed E-state index contributed by atoms with van der Waals surface area (Å²) in [6.45, 7) is 0. The van der Waals surface area contributed by atoms with Gasteiger partial charge >= 0.3 is 18.4 Å². The number of halogens is 3. The lowest BCUT2D eigenvalue weighted by atomic mass is 10.1. The molecule has 1 atom stereocenters. The quantitative estimate of drug-likeness (QED) is 0.729. The SMILES string of the molecule is O=C(Nc1ccc(OC(F)(F)F)cc1)N[C@@H](Cc1ccccc1)C(=O)O. The van der Waals surface area contributed by atoms with Crippen molar-refractivity contribution in [1.29, 1.82) is 0 Å². The van der Waals surface area contributed by atoms with Crippen molar-refractivity contribution >= 4 is 17.7 Å². The number of hydrogen-bond acceptors (Lipinski definition) is 3.